The summed E-state index contributed by atoms with van der Waals surface area (Å²) in [6, 6.07) is 0. The predicted molar refractivity (Wildman–Crippen MR) is 57.4 cm³/mol. The normalized spacial score (nSPS) is 14.9. The maximum absolute atomic E-state index is 9.61. The van der Waals surface area contributed by atoms with E-state index in [0.29, 0.717) is 12.3 Å². The molecular formula is C12H22O. The van der Waals surface area contributed by atoms with Gasteiger partial charge in [-0.25, -0.2) is 0 Å². The van der Waals surface area contributed by atoms with E-state index in [0.717, 1.165) is 12.8 Å². The molecule has 0 aromatic heterocycles. The molecule has 0 rings (SSSR count). The van der Waals surface area contributed by atoms with E-state index >= 15 is 0 Å². The van der Waals surface area contributed by atoms with E-state index in [2.05, 4.69) is 19.8 Å². The highest BCUT2D eigenvalue weighted by molar-refractivity contribution is 4.84. The fraction of sp³-hybridized carbons (Fsp3) is 0.833. The van der Waals surface area contributed by atoms with Gasteiger partial charge in [-0.2, -0.15) is 0 Å². The predicted octanol–water partition coefficient (Wildman–Crippen LogP) is 2.98. The lowest BCUT2D eigenvalue weighted by molar-refractivity contribution is 0.130. The summed E-state index contributed by atoms with van der Waals surface area (Å²) in [5, 5.41) is 9.61. The second-order valence-electron chi connectivity index (χ2n) is 3.70. The Balaban J connectivity index is 3.60. The molecule has 0 saturated heterocycles. The molecule has 0 saturated carbocycles. The van der Waals surface area contributed by atoms with Crippen LogP contribution in [0.5, 0.6) is 0 Å². The smallest absolute Gasteiger partial charge is 0.0552 e. The van der Waals surface area contributed by atoms with Gasteiger partial charge in [0.15, 0.2) is 0 Å². The van der Waals surface area contributed by atoms with Gasteiger partial charge in [0.25, 0.3) is 0 Å². The second kappa shape index (κ2) is 8.13. The average Bonchev–Trinajstić information content (AvgIpc) is 2.14. The number of terminal acetylenes is 1. The van der Waals surface area contributed by atoms with Gasteiger partial charge in [-0.3, -0.25) is 0 Å². The number of rotatable bonds is 7. The van der Waals surface area contributed by atoms with Crippen LogP contribution in [0.4, 0.5) is 0 Å². The summed E-state index contributed by atoms with van der Waals surface area (Å²) in [4.78, 5) is 0. The SMILES string of the molecule is C#CCCC(O)CC(CC)CCC. The van der Waals surface area contributed by atoms with Crippen LogP contribution in [-0.4, -0.2) is 11.2 Å². The third kappa shape index (κ3) is 6.66. The van der Waals surface area contributed by atoms with Crippen molar-refractivity contribution in [2.75, 3.05) is 0 Å². The van der Waals surface area contributed by atoms with Crippen LogP contribution < -0.4 is 0 Å². The topological polar surface area (TPSA) is 20.2 Å². The molecule has 0 fully saturated rings. The zero-order valence-electron chi connectivity index (χ0n) is 8.92. The Morgan fingerprint density at radius 3 is 2.46 bits per heavy atom. The molecule has 0 aromatic carbocycles. The lowest BCUT2D eigenvalue weighted by Gasteiger charge is -2.17. The van der Waals surface area contributed by atoms with Crippen LogP contribution in [0.15, 0.2) is 0 Å². The first-order valence-electron chi connectivity index (χ1n) is 5.36. The van der Waals surface area contributed by atoms with E-state index < -0.39 is 0 Å². The summed E-state index contributed by atoms with van der Waals surface area (Å²) in [5.41, 5.74) is 0. The molecular weight excluding hydrogens is 160 g/mol. The van der Waals surface area contributed by atoms with Crippen LogP contribution in [0.25, 0.3) is 0 Å². The van der Waals surface area contributed by atoms with Crippen molar-refractivity contribution in [1.29, 1.82) is 0 Å². The maximum atomic E-state index is 9.61. The highest BCUT2D eigenvalue weighted by atomic mass is 16.3. The molecule has 2 atom stereocenters. The molecule has 76 valence electrons. The van der Waals surface area contributed by atoms with Crippen LogP contribution in [0.1, 0.15) is 52.4 Å². The van der Waals surface area contributed by atoms with Crippen molar-refractivity contribution in [2.24, 2.45) is 5.92 Å². The summed E-state index contributed by atoms with van der Waals surface area (Å²) in [6.45, 7) is 4.38. The van der Waals surface area contributed by atoms with Gasteiger partial charge in [0.05, 0.1) is 6.10 Å². The molecule has 0 bridgehead atoms. The van der Waals surface area contributed by atoms with Gasteiger partial charge < -0.3 is 5.11 Å². The zero-order valence-corrected chi connectivity index (χ0v) is 8.92. The molecule has 0 radical (unpaired) electrons. The van der Waals surface area contributed by atoms with Crippen LogP contribution in [0, 0.1) is 18.3 Å². The van der Waals surface area contributed by atoms with Gasteiger partial charge in [-0.15, -0.1) is 12.3 Å². The number of hydrogen-bond acceptors (Lipinski definition) is 1. The van der Waals surface area contributed by atoms with Crippen molar-refractivity contribution >= 4 is 0 Å². The number of aliphatic hydroxyl groups excluding tert-OH is 1. The third-order valence-corrected chi connectivity index (χ3v) is 2.50. The van der Waals surface area contributed by atoms with Crippen molar-refractivity contribution in [3.63, 3.8) is 0 Å². The third-order valence-electron chi connectivity index (χ3n) is 2.50. The summed E-state index contributed by atoms with van der Waals surface area (Å²) < 4.78 is 0. The van der Waals surface area contributed by atoms with Crippen molar-refractivity contribution in [3.8, 4) is 12.3 Å². The van der Waals surface area contributed by atoms with Crippen LogP contribution in [0.3, 0.4) is 0 Å². The van der Waals surface area contributed by atoms with E-state index in [1.54, 1.807) is 0 Å². The summed E-state index contributed by atoms with van der Waals surface area (Å²) in [6.07, 6.45) is 10.9. The Kier molecular flexibility index (Phi) is 7.83. The minimum atomic E-state index is -0.187. The van der Waals surface area contributed by atoms with Crippen molar-refractivity contribution in [3.05, 3.63) is 0 Å². The quantitative estimate of drug-likeness (QED) is 0.600. The number of hydrogen-bond donors (Lipinski definition) is 1. The summed E-state index contributed by atoms with van der Waals surface area (Å²) in [7, 11) is 0. The Morgan fingerprint density at radius 2 is 2.00 bits per heavy atom. The van der Waals surface area contributed by atoms with E-state index in [4.69, 9.17) is 6.42 Å². The summed E-state index contributed by atoms with van der Waals surface area (Å²) in [5.74, 6) is 3.24. The van der Waals surface area contributed by atoms with Crippen LogP contribution >= 0.6 is 0 Å². The lowest BCUT2D eigenvalue weighted by Crippen LogP contribution is -2.12. The molecule has 0 aliphatic carbocycles. The summed E-state index contributed by atoms with van der Waals surface area (Å²) >= 11 is 0. The van der Waals surface area contributed by atoms with Gasteiger partial charge in [-0.05, 0) is 18.8 Å². The highest BCUT2D eigenvalue weighted by Crippen LogP contribution is 2.18. The monoisotopic (exact) mass is 182 g/mol. The Hall–Kier alpha value is -0.480. The van der Waals surface area contributed by atoms with Crippen molar-refractivity contribution in [2.45, 2.75) is 58.5 Å². The first kappa shape index (κ1) is 12.5. The molecule has 1 N–H and O–H groups in total. The van der Waals surface area contributed by atoms with Crippen LogP contribution in [0.2, 0.25) is 0 Å². The van der Waals surface area contributed by atoms with E-state index in [1.807, 2.05) is 0 Å². The van der Waals surface area contributed by atoms with Gasteiger partial charge in [0.1, 0.15) is 0 Å². The molecule has 0 spiro atoms. The Labute approximate surface area is 82.5 Å². The average molecular weight is 182 g/mol. The largest absolute Gasteiger partial charge is 0.393 e. The van der Waals surface area contributed by atoms with Gasteiger partial charge in [-0.1, -0.05) is 33.1 Å². The minimum Gasteiger partial charge on any atom is -0.393 e. The Bertz CT molecular complexity index is 146. The molecule has 0 aromatic rings. The van der Waals surface area contributed by atoms with Gasteiger partial charge in [0, 0.05) is 6.42 Å². The van der Waals surface area contributed by atoms with Gasteiger partial charge in [0.2, 0.25) is 0 Å². The molecule has 1 nitrogen and oxygen atoms in total. The zero-order chi connectivity index (χ0) is 10.1. The number of aliphatic hydroxyl groups is 1. The Morgan fingerprint density at radius 1 is 1.31 bits per heavy atom. The van der Waals surface area contributed by atoms with Crippen molar-refractivity contribution < 1.29 is 5.11 Å². The molecule has 0 amide bonds. The minimum absolute atomic E-state index is 0.187. The van der Waals surface area contributed by atoms with E-state index in [-0.39, 0.29) is 6.10 Å². The first-order chi connectivity index (χ1) is 6.24. The second-order valence-corrected chi connectivity index (χ2v) is 3.70. The van der Waals surface area contributed by atoms with E-state index in [1.165, 1.54) is 19.3 Å². The standard InChI is InChI=1S/C12H22O/c1-4-7-9-12(13)10-11(6-3)8-5-2/h1,11-13H,5-10H2,2-3H3. The fourth-order valence-electron chi connectivity index (χ4n) is 1.65. The molecule has 13 heavy (non-hydrogen) atoms. The molecule has 0 aliphatic rings. The highest BCUT2D eigenvalue weighted by Gasteiger charge is 2.11. The molecule has 0 heterocycles. The molecule has 0 aliphatic heterocycles. The first-order valence-corrected chi connectivity index (χ1v) is 5.36. The van der Waals surface area contributed by atoms with Gasteiger partial charge >= 0.3 is 0 Å². The maximum Gasteiger partial charge on any atom is 0.0552 e. The van der Waals surface area contributed by atoms with Crippen LogP contribution in [-0.2, 0) is 0 Å². The van der Waals surface area contributed by atoms with Crippen molar-refractivity contribution in [1.82, 2.24) is 0 Å². The fourth-order valence-corrected chi connectivity index (χ4v) is 1.65. The molecule has 1 heteroatoms. The molecule has 2 unspecified atom stereocenters. The van der Waals surface area contributed by atoms with E-state index in [9.17, 15) is 5.11 Å². The lowest BCUT2D eigenvalue weighted by atomic mass is 9.92.